The summed E-state index contributed by atoms with van der Waals surface area (Å²) in [6, 6.07) is 8.33. The van der Waals surface area contributed by atoms with Crippen LogP contribution in [0.2, 0.25) is 0 Å². The first-order valence-electron chi connectivity index (χ1n) is 5.28. The first-order chi connectivity index (χ1) is 7.31. The molecule has 0 aliphatic carbocycles. The summed E-state index contributed by atoms with van der Waals surface area (Å²) >= 11 is 0. The second-order valence-corrected chi connectivity index (χ2v) is 4.10. The topological polar surface area (TPSA) is 37.0 Å². The molecule has 0 bridgehead atoms. The van der Waals surface area contributed by atoms with Crippen molar-refractivity contribution < 1.29 is 4.74 Å². The van der Waals surface area contributed by atoms with Crippen molar-refractivity contribution in [3.8, 4) is 5.75 Å². The predicted molar refractivity (Wildman–Crippen MR) is 60.3 cm³/mol. The zero-order valence-electron chi connectivity index (χ0n) is 8.71. The van der Waals surface area contributed by atoms with Gasteiger partial charge in [0.2, 0.25) is 0 Å². The number of nitrogens with one attached hydrogen (secondary N) is 2. The molecule has 2 N–H and O–H groups in total. The molecule has 1 aliphatic rings. The molecular weight excluding hydrogens is 188 g/mol. The van der Waals surface area contributed by atoms with Crippen molar-refractivity contribution in [3.05, 3.63) is 30.0 Å². The Morgan fingerprint density at radius 3 is 2.87 bits per heavy atom. The highest BCUT2D eigenvalue weighted by molar-refractivity contribution is 5.81. The lowest BCUT2D eigenvalue weighted by atomic mass is 10.2. The normalized spacial score (nSPS) is 16.6. The van der Waals surface area contributed by atoms with Gasteiger partial charge >= 0.3 is 0 Å². The molecule has 0 atom stereocenters. The first-order valence-corrected chi connectivity index (χ1v) is 5.28. The van der Waals surface area contributed by atoms with Gasteiger partial charge in [-0.15, -0.1) is 0 Å². The van der Waals surface area contributed by atoms with Gasteiger partial charge < -0.3 is 15.0 Å². The lowest BCUT2D eigenvalue weighted by Crippen LogP contribution is -2.50. The maximum atomic E-state index is 5.79. The third-order valence-corrected chi connectivity index (χ3v) is 2.77. The molecule has 1 aromatic heterocycles. The fraction of sp³-hybridized carbons (Fsp3) is 0.333. The SMILES string of the molecule is Cc1cc2cc(OC3CNC3)ccc2[nH]1. The smallest absolute Gasteiger partial charge is 0.123 e. The Labute approximate surface area is 88.4 Å². The number of aromatic nitrogens is 1. The molecule has 2 aromatic rings. The number of hydrogen-bond acceptors (Lipinski definition) is 2. The van der Waals surface area contributed by atoms with E-state index in [1.54, 1.807) is 0 Å². The summed E-state index contributed by atoms with van der Waals surface area (Å²) in [6.07, 6.45) is 0.350. The molecule has 0 amide bonds. The Kier molecular flexibility index (Phi) is 1.92. The van der Waals surface area contributed by atoms with Gasteiger partial charge in [0.05, 0.1) is 0 Å². The van der Waals surface area contributed by atoms with Crippen LogP contribution in [-0.4, -0.2) is 24.2 Å². The van der Waals surface area contributed by atoms with Crippen LogP contribution in [-0.2, 0) is 0 Å². The van der Waals surface area contributed by atoms with Crippen molar-refractivity contribution in [2.75, 3.05) is 13.1 Å². The lowest BCUT2D eigenvalue weighted by molar-refractivity contribution is 0.142. The summed E-state index contributed by atoms with van der Waals surface area (Å²) in [6.45, 7) is 3.99. The molecule has 1 aromatic carbocycles. The average molecular weight is 202 g/mol. The largest absolute Gasteiger partial charge is 0.488 e. The van der Waals surface area contributed by atoms with Gasteiger partial charge in [-0.05, 0) is 31.2 Å². The van der Waals surface area contributed by atoms with E-state index < -0.39 is 0 Å². The van der Waals surface area contributed by atoms with E-state index in [0.717, 1.165) is 18.8 Å². The Hall–Kier alpha value is -1.48. The zero-order valence-corrected chi connectivity index (χ0v) is 8.71. The summed E-state index contributed by atoms with van der Waals surface area (Å²) in [5.74, 6) is 0.966. The van der Waals surface area contributed by atoms with E-state index in [0.29, 0.717) is 6.10 Å². The van der Waals surface area contributed by atoms with Crippen molar-refractivity contribution in [1.82, 2.24) is 10.3 Å². The maximum Gasteiger partial charge on any atom is 0.123 e. The van der Waals surface area contributed by atoms with Crippen molar-refractivity contribution in [3.63, 3.8) is 0 Å². The Morgan fingerprint density at radius 2 is 2.13 bits per heavy atom. The molecule has 0 spiro atoms. The van der Waals surface area contributed by atoms with Gasteiger partial charge in [-0.2, -0.15) is 0 Å². The molecule has 2 heterocycles. The fourth-order valence-electron chi connectivity index (χ4n) is 1.87. The number of ether oxygens (including phenoxy) is 1. The highest BCUT2D eigenvalue weighted by Gasteiger charge is 2.18. The molecule has 0 unspecified atom stereocenters. The third kappa shape index (κ3) is 1.59. The van der Waals surface area contributed by atoms with E-state index in [9.17, 15) is 0 Å². The van der Waals surface area contributed by atoms with Crippen LogP contribution < -0.4 is 10.1 Å². The highest BCUT2D eigenvalue weighted by atomic mass is 16.5. The second kappa shape index (κ2) is 3.28. The van der Waals surface area contributed by atoms with Gasteiger partial charge in [0, 0.05) is 29.7 Å². The lowest BCUT2D eigenvalue weighted by Gasteiger charge is -2.27. The van der Waals surface area contributed by atoms with Crippen LogP contribution in [0.25, 0.3) is 10.9 Å². The van der Waals surface area contributed by atoms with Crippen molar-refractivity contribution >= 4 is 10.9 Å². The molecule has 1 saturated heterocycles. The van der Waals surface area contributed by atoms with Gasteiger partial charge in [0.15, 0.2) is 0 Å². The fourth-order valence-corrected chi connectivity index (χ4v) is 1.87. The molecule has 78 valence electrons. The average Bonchev–Trinajstić information content (AvgIpc) is 2.50. The van der Waals surface area contributed by atoms with Gasteiger partial charge in [0.1, 0.15) is 11.9 Å². The summed E-state index contributed by atoms with van der Waals surface area (Å²) in [7, 11) is 0. The molecule has 15 heavy (non-hydrogen) atoms. The van der Waals surface area contributed by atoms with Crippen LogP contribution >= 0.6 is 0 Å². The predicted octanol–water partition coefficient (Wildman–Crippen LogP) is 1.83. The summed E-state index contributed by atoms with van der Waals surface area (Å²) in [4.78, 5) is 3.30. The first kappa shape index (κ1) is 8.80. The number of hydrogen-bond donors (Lipinski definition) is 2. The van der Waals surface area contributed by atoms with E-state index in [2.05, 4.69) is 35.4 Å². The number of aromatic amines is 1. The molecular formula is C12H14N2O. The summed E-state index contributed by atoms with van der Waals surface area (Å²) < 4.78 is 5.79. The van der Waals surface area contributed by atoms with E-state index >= 15 is 0 Å². The molecule has 1 aliphatic heterocycles. The number of aryl methyl sites for hydroxylation is 1. The molecule has 3 rings (SSSR count). The van der Waals surface area contributed by atoms with Gasteiger partial charge in [-0.25, -0.2) is 0 Å². The minimum absolute atomic E-state index is 0.350. The van der Waals surface area contributed by atoms with Crippen LogP contribution in [0.5, 0.6) is 5.75 Å². The van der Waals surface area contributed by atoms with Crippen molar-refractivity contribution in [1.29, 1.82) is 0 Å². The van der Waals surface area contributed by atoms with E-state index in [1.165, 1.54) is 16.6 Å². The third-order valence-electron chi connectivity index (χ3n) is 2.77. The molecule has 1 fully saturated rings. The van der Waals surface area contributed by atoms with Crippen LogP contribution in [0.4, 0.5) is 0 Å². The van der Waals surface area contributed by atoms with E-state index in [1.807, 2.05) is 6.07 Å². The molecule has 0 radical (unpaired) electrons. The summed E-state index contributed by atoms with van der Waals surface area (Å²) in [5.41, 5.74) is 2.36. The van der Waals surface area contributed by atoms with E-state index in [4.69, 9.17) is 4.74 Å². The number of rotatable bonds is 2. The standard InChI is InChI=1S/C12H14N2O/c1-8-4-9-5-10(2-3-12(9)14-8)15-11-6-13-7-11/h2-5,11,13-14H,6-7H2,1H3. The van der Waals surface area contributed by atoms with Crippen LogP contribution in [0.3, 0.4) is 0 Å². The molecule has 3 heteroatoms. The van der Waals surface area contributed by atoms with Crippen LogP contribution in [0.1, 0.15) is 5.69 Å². The number of benzene rings is 1. The van der Waals surface area contributed by atoms with Crippen molar-refractivity contribution in [2.24, 2.45) is 0 Å². The summed E-state index contributed by atoms with van der Waals surface area (Å²) in [5, 5.41) is 4.41. The van der Waals surface area contributed by atoms with E-state index in [-0.39, 0.29) is 0 Å². The Morgan fingerprint density at radius 1 is 1.27 bits per heavy atom. The monoisotopic (exact) mass is 202 g/mol. The minimum Gasteiger partial charge on any atom is -0.488 e. The number of fused-ring (bicyclic) bond motifs is 1. The van der Waals surface area contributed by atoms with Crippen LogP contribution in [0, 0.1) is 6.92 Å². The molecule has 0 saturated carbocycles. The maximum absolute atomic E-state index is 5.79. The minimum atomic E-state index is 0.350. The zero-order chi connectivity index (χ0) is 10.3. The van der Waals surface area contributed by atoms with Crippen LogP contribution in [0.15, 0.2) is 24.3 Å². The van der Waals surface area contributed by atoms with Gasteiger partial charge in [0.25, 0.3) is 0 Å². The van der Waals surface area contributed by atoms with Crippen molar-refractivity contribution in [2.45, 2.75) is 13.0 Å². The number of H-pyrrole nitrogens is 1. The van der Waals surface area contributed by atoms with Gasteiger partial charge in [-0.3, -0.25) is 0 Å². The second-order valence-electron chi connectivity index (χ2n) is 4.10. The Balaban J connectivity index is 1.90. The van der Waals surface area contributed by atoms with Gasteiger partial charge in [-0.1, -0.05) is 0 Å². The quantitative estimate of drug-likeness (QED) is 0.779. The Bertz CT molecular complexity index is 485. The highest BCUT2D eigenvalue weighted by Crippen LogP contribution is 2.22. The molecule has 3 nitrogen and oxygen atoms in total.